The maximum absolute atomic E-state index is 12.3. The van der Waals surface area contributed by atoms with Gasteiger partial charge in [0.15, 0.2) is 23.0 Å². The van der Waals surface area contributed by atoms with Crippen molar-refractivity contribution in [3.05, 3.63) is 65.9 Å². The fourth-order valence-electron chi connectivity index (χ4n) is 2.52. The number of para-hydroxylation sites is 1. The minimum Gasteiger partial charge on any atom is -0.454 e. The highest BCUT2D eigenvalue weighted by atomic mass is 16.7. The van der Waals surface area contributed by atoms with E-state index in [1.165, 1.54) is 0 Å². The lowest BCUT2D eigenvalue weighted by Crippen LogP contribution is -2.15. The zero-order valence-corrected chi connectivity index (χ0v) is 14.0. The Balaban J connectivity index is 1.45. The van der Waals surface area contributed by atoms with Crippen LogP contribution < -0.4 is 20.1 Å². The molecule has 132 valence electrons. The first-order valence-corrected chi connectivity index (χ1v) is 8.04. The summed E-state index contributed by atoms with van der Waals surface area (Å²) >= 11 is 0. The second-order valence-corrected chi connectivity index (χ2v) is 5.61. The fraction of sp³-hybridized carbons (Fsp3) is 0.0526. The number of hydrogen-bond donors (Lipinski definition) is 2. The molecule has 0 atom stereocenters. The molecule has 0 bridgehead atoms. The Morgan fingerprint density at radius 1 is 1.04 bits per heavy atom. The van der Waals surface area contributed by atoms with E-state index in [0.717, 1.165) is 5.69 Å². The molecule has 0 radical (unpaired) electrons. The van der Waals surface area contributed by atoms with Gasteiger partial charge in [0, 0.05) is 11.8 Å². The topological polar surface area (TPSA) is 109 Å². The first kappa shape index (κ1) is 16.4. The molecule has 0 saturated carbocycles. The van der Waals surface area contributed by atoms with Gasteiger partial charge in [-0.15, -0.1) is 10.2 Å². The van der Waals surface area contributed by atoms with Crippen LogP contribution in [0, 0.1) is 11.3 Å². The van der Waals surface area contributed by atoms with Gasteiger partial charge in [-0.1, -0.05) is 12.1 Å². The third-order valence-corrected chi connectivity index (χ3v) is 3.84. The van der Waals surface area contributed by atoms with Gasteiger partial charge in [-0.25, -0.2) is 0 Å². The number of anilines is 3. The number of benzene rings is 2. The van der Waals surface area contributed by atoms with Gasteiger partial charge in [-0.05, 0) is 36.4 Å². The Kier molecular flexibility index (Phi) is 4.25. The molecule has 2 aromatic carbocycles. The van der Waals surface area contributed by atoms with Crippen LogP contribution in [0.15, 0.2) is 54.6 Å². The van der Waals surface area contributed by atoms with Crippen molar-refractivity contribution < 1.29 is 14.3 Å². The monoisotopic (exact) mass is 359 g/mol. The van der Waals surface area contributed by atoms with Crippen molar-refractivity contribution in [2.75, 3.05) is 17.4 Å². The molecule has 0 spiro atoms. The maximum Gasteiger partial charge on any atom is 0.276 e. The van der Waals surface area contributed by atoms with Crippen LogP contribution in [-0.4, -0.2) is 22.9 Å². The van der Waals surface area contributed by atoms with Crippen LogP contribution in [0.3, 0.4) is 0 Å². The normalized spacial score (nSPS) is 11.5. The molecule has 4 rings (SSSR count). The van der Waals surface area contributed by atoms with E-state index in [0.29, 0.717) is 28.6 Å². The summed E-state index contributed by atoms with van der Waals surface area (Å²) in [6, 6.07) is 17.4. The van der Waals surface area contributed by atoms with E-state index in [4.69, 9.17) is 14.7 Å². The van der Waals surface area contributed by atoms with E-state index >= 15 is 0 Å². The third kappa shape index (κ3) is 3.48. The van der Waals surface area contributed by atoms with E-state index in [-0.39, 0.29) is 12.5 Å². The highest BCUT2D eigenvalue weighted by Crippen LogP contribution is 2.34. The van der Waals surface area contributed by atoms with Crippen molar-refractivity contribution in [2.45, 2.75) is 0 Å². The molecule has 1 aliphatic rings. The molecule has 8 nitrogen and oxygen atoms in total. The molecule has 1 aliphatic heterocycles. The van der Waals surface area contributed by atoms with Gasteiger partial charge < -0.3 is 20.1 Å². The average Bonchev–Trinajstić information content (AvgIpc) is 3.17. The molecule has 0 saturated heterocycles. The predicted octanol–water partition coefficient (Wildman–Crippen LogP) is 3.07. The molecule has 1 amide bonds. The molecule has 0 fully saturated rings. The Hall–Kier alpha value is -4.12. The van der Waals surface area contributed by atoms with Crippen LogP contribution >= 0.6 is 0 Å². The summed E-state index contributed by atoms with van der Waals surface area (Å²) in [7, 11) is 0. The summed E-state index contributed by atoms with van der Waals surface area (Å²) in [6.07, 6.45) is 0. The second-order valence-electron chi connectivity index (χ2n) is 5.61. The van der Waals surface area contributed by atoms with Crippen molar-refractivity contribution >= 4 is 23.1 Å². The molecule has 2 heterocycles. The lowest BCUT2D eigenvalue weighted by Gasteiger charge is -2.08. The standard InChI is InChI=1S/C19H13N5O3/c20-10-12-3-1-2-4-14(12)22-19(25)15-6-8-18(24-23-15)21-13-5-7-16-17(9-13)27-11-26-16/h1-9H,11H2,(H,21,24)(H,22,25). The molecule has 3 aromatic rings. The van der Waals surface area contributed by atoms with E-state index in [1.54, 1.807) is 48.5 Å². The van der Waals surface area contributed by atoms with Crippen LogP contribution in [0.25, 0.3) is 0 Å². The maximum atomic E-state index is 12.3. The Bertz CT molecular complexity index is 1040. The minimum atomic E-state index is -0.445. The molecule has 0 aliphatic carbocycles. The largest absolute Gasteiger partial charge is 0.454 e. The fourth-order valence-corrected chi connectivity index (χ4v) is 2.52. The summed E-state index contributed by atoms with van der Waals surface area (Å²) in [6.45, 7) is 0.206. The number of ether oxygens (including phenoxy) is 2. The van der Waals surface area contributed by atoms with Gasteiger partial charge in [-0.3, -0.25) is 4.79 Å². The van der Waals surface area contributed by atoms with Crippen LogP contribution in [0.1, 0.15) is 16.1 Å². The lowest BCUT2D eigenvalue weighted by molar-refractivity contribution is 0.102. The smallest absolute Gasteiger partial charge is 0.276 e. The third-order valence-electron chi connectivity index (χ3n) is 3.84. The van der Waals surface area contributed by atoms with E-state index in [1.807, 2.05) is 12.1 Å². The Morgan fingerprint density at radius 2 is 1.89 bits per heavy atom. The number of aromatic nitrogens is 2. The number of amides is 1. The van der Waals surface area contributed by atoms with Gasteiger partial charge in [0.05, 0.1) is 11.3 Å². The summed E-state index contributed by atoms with van der Waals surface area (Å²) in [5, 5.41) is 22.8. The zero-order chi connectivity index (χ0) is 18.6. The van der Waals surface area contributed by atoms with E-state index in [2.05, 4.69) is 20.8 Å². The molecule has 2 N–H and O–H groups in total. The van der Waals surface area contributed by atoms with Crippen LogP contribution in [0.5, 0.6) is 11.5 Å². The molecular weight excluding hydrogens is 346 g/mol. The van der Waals surface area contributed by atoms with Crippen molar-refractivity contribution in [1.82, 2.24) is 10.2 Å². The van der Waals surface area contributed by atoms with Gasteiger partial charge in [0.1, 0.15) is 6.07 Å². The highest BCUT2D eigenvalue weighted by molar-refractivity contribution is 6.03. The number of carbonyl (C=O) groups excluding carboxylic acids is 1. The van der Waals surface area contributed by atoms with Crippen molar-refractivity contribution in [2.24, 2.45) is 0 Å². The van der Waals surface area contributed by atoms with E-state index < -0.39 is 5.91 Å². The van der Waals surface area contributed by atoms with Crippen LogP contribution in [0.2, 0.25) is 0 Å². The van der Waals surface area contributed by atoms with Gasteiger partial charge in [0.2, 0.25) is 6.79 Å². The van der Waals surface area contributed by atoms with Crippen molar-refractivity contribution in [3.63, 3.8) is 0 Å². The van der Waals surface area contributed by atoms with Crippen molar-refractivity contribution in [3.8, 4) is 17.6 Å². The predicted molar refractivity (Wildman–Crippen MR) is 97.0 cm³/mol. The summed E-state index contributed by atoms with van der Waals surface area (Å²) in [4.78, 5) is 12.3. The minimum absolute atomic E-state index is 0.138. The number of nitrogens with zero attached hydrogens (tertiary/aromatic N) is 3. The number of carbonyl (C=O) groups is 1. The first-order chi connectivity index (χ1) is 13.2. The number of nitriles is 1. The molecule has 1 aromatic heterocycles. The summed E-state index contributed by atoms with van der Waals surface area (Å²) in [5.74, 6) is 1.37. The quantitative estimate of drug-likeness (QED) is 0.737. The molecular formula is C19H13N5O3. The average molecular weight is 359 g/mol. The van der Waals surface area contributed by atoms with Crippen molar-refractivity contribution in [1.29, 1.82) is 5.26 Å². The SMILES string of the molecule is N#Cc1ccccc1NC(=O)c1ccc(Nc2ccc3c(c2)OCO3)nn1. The second kappa shape index (κ2) is 7.01. The molecule has 8 heteroatoms. The highest BCUT2D eigenvalue weighted by Gasteiger charge is 2.14. The zero-order valence-electron chi connectivity index (χ0n) is 14.0. The van der Waals surface area contributed by atoms with E-state index in [9.17, 15) is 4.79 Å². The van der Waals surface area contributed by atoms with Crippen LogP contribution in [0.4, 0.5) is 17.2 Å². The summed E-state index contributed by atoms with van der Waals surface area (Å²) < 4.78 is 10.6. The Morgan fingerprint density at radius 3 is 2.70 bits per heavy atom. The lowest BCUT2D eigenvalue weighted by atomic mass is 10.2. The van der Waals surface area contributed by atoms with Gasteiger partial charge in [0.25, 0.3) is 5.91 Å². The van der Waals surface area contributed by atoms with Gasteiger partial charge in [-0.2, -0.15) is 5.26 Å². The van der Waals surface area contributed by atoms with Crippen LogP contribution in [-0.2, 0) is 0 Å². The first-order valence-electron chi connectivity index (χ1n) is 8.04. The van der Waals surface area contributed by atoms with Gasteiger partial charge >= 0.3 is 0 Å². The number of rotatable bonds is 4. The Labute approximate surface area is 154 Å². The number of nitrogens with one attached hydrogen (secondary N) is 2. The summed E-state index contributed by atoms with van der Waals surface area (Å²) in [5.41, 5.74) is 1.70. The number of hydrogen-bond acceptors (Lipinski definition) is 7. The molecule has 27 heavy (non-hydrogen) atoms. The molecule has 0 unspecified atom stereocenters. The number of fused-ring (bicyclic) bond motifs is 1.